The van der Waals surface area contributed by atoms with Crippen molar-refractivity contribution in [2.45, 2.75) is 18.9 Å². The van der Waals surface area contributed by atoms with Gasteiger partial charge in [-0.1, -0.05) is 6.07 Å². The van der Waals surface area contributed by atoms with Crippen LogP contribution in [0.3, 0.4) is 0 Å². The minimum absolute atomic E-state index is 0.176. The van der Waals surface area contributed by atoms with Crippen molar-refractivity contribution in [3.8, 4) is 0 Å². The molecule has 1 aliphatic heterocycles. The predicted octanol–water partition coefficient (Wildman–Crippen LogP) is 2.00. The Bertz CT molecular complexity index is 337. The van der Waals surface area contributed by atoms with Crippen LogP contribution >= 0.6 is 0 Å². The number of nitrogen functional groups attached to an aromatic ring is 1. The first-order valence-corrected chi connectivity index (χ1v) is 5.17. The molecule has 3 nitrogen and oxygen atoms in total. The molecule has 0 aromatic heterocycles. The maximum absolute atomic E-state index is 13.1. The number of halogens is 1. The fourth-order valence-electron chi connectivity index (χ4n) is 1.72. The number of ether oxygens (including phenoxy) is 1. The minimum Gasteiger partial charge on any atom is -0.395 e. The molecule has 1 aromatic carbocycles. The molecule has 3 N–H and O–H groups in total. The molecule has 0 bridgehead atoms. The van der Waals surface area contributed by atoms with E-state index in [1.165, 1.54) is 6.07 Å². The zero-order chi connectivity index (χ0) is 10.7. The largest absolute Gasteiger partial charge is 0.395 e. The monoisotopic (exact) mass is 210 g/mol. The molecule has 1 saturated heterocycles. The van der Waals surface area contributed by atoms with Crippen LogP contribution in [0.1, 0.15) is 12.8 Å². The molecule has 2 rings (SSSR count). The number of rotatable bonds is 3. The van der Waals surface area contributed by atoms with Crippen LogP contribution in [0.5, 0.6) is 0 Å². The third-order valence-electron chi connectivity index (χ3n) is 2.60. The summed E-state index contributed by atoms with van der Waals surface area (Å²) in [5.41, 5.74) is 6.41. The van der Waals surface area contributed by atoms with Crippen molar-refractivity contribution in [3.05, 3.63) is 24.0 Å². The lowest BCUT2D eigenvalue weighted by Gasteiger charge is -2.13. The number of benzene rings is 1. The molecule has 0 spiro atoms. The molecule has 82 valence electrons. The van der Waals surface area contributed by atoms with E-state index < -0.39 is 0 Å². The summed E-state index contributed by atoms with van der Waals surface area (Å²) in [7, 11) is 0. The van der Waals surface area contributed by atoms with Gasteiger partial charge in [0.1, 0.15) is 5.82 Å². The SMILES string of the molecule is Nc1c(F)cccc1NCC1CCCO1. The average Bonchev–Trinajstić information content (AvgIpc) is 2.73. The molecule has 1 unspecified atom stereocenters. The van der Waals surface area contributed by atoms with E-state index in [9.17, 15) is 4.39 Å². The number of nitrogens with one attached hydrogen (secondary N) is 1. The lowest BCUT2D eigenvalue weighted by atomic mass is 10.2. The van der Waals surface area contributed by atoms with Crippen LogP contribution in [0.25, 0.3) is 0 Å². The second-order valence-electron chi connectivity index (χ2n) is 3.72. The van der Waals surface area contributed by atoms with Crippen molar-refractivity contribution < 1.29 is 9.13 Å². The lowest BCUT2D eigenvalue weighted by Crippen LogP contribution is -2.19. The highest BCUT2D eigenvalue weighted by molar-refractivity contribution is 5.66. The number of hydrogen-bond acceptors (Lipinski definition) is 3. The second kappa shape index (κ2) is 4.49. The molecule has 0 amide bonds. The number of anilines is 2. The molecule has 1 aromatic rings. The third-order valence-corrected chi connectivity index (χ3v) is 2.60. The van der Waals surface area contributed by atoms with E-state index in [-0.39, 0.29) is 17.6 Å². The molecule has 15 heavy (non-hydrogen) atoms. The van der Waals surface area contributed by atoms with Crippen LogP contribution in [-0.4, -0.2) is 19.3 Å². The van der Waals surface area contributed by atoms with Gasteiger partial charge in [0.15, 0.2) is 0 Å². The van der Waals surface area contributed by atoms with Crippen LogP contribution in [0.2, 0.25) is 0 Å². The van der Waals surface area contributed by atoms with Gasteiger partial charge in [-0.05, 0) is 25.0 Å². The molecular formula is C11H15FN2O. The summed E-state index contributed by atoms with van der Waals surface area (Å²) in [6.45, 7) is 1.51. The summed E-state index contributed by atoms with van der Waals surface area (Å²) in [4.78, 5) is 0. The molecule has 1 atom stereocenters. The van der Waals surface area contributed by atoms with Crippen LogP contribution in [0.4, 0.5) is 15.8 Å². The van der Waals surface area contributed by atoms with Crippen molar-refractivity contribution in [1.29, 1.82) is 0 Å². The normalized spacial score (nSPS) is 20.5. The predicted molar refractivity (Wildman–Crippen MR) is 58.3 cm³/mol. The second-order valence-corrected chi connectivity index (χ2v) is 3.72. The Morgan fingerprint density at radius 3 is 3.13 bits per heavy atom. The quantitative estimate of drug-likeness (QED) is 0.750. The molecule has 0 radical (unpaired) electrons. The molecule has 4 heteroatoms. The van der Waals surface area contributed by atoms with Gasteiger partial charge in [-0.25, -0.2) is 4.39 Å². The Morgan fingerprint density at radius 1 is 1.53 bits per heavy atom. The number of para-hydroxylation sites is 1. The maximum atomic E-state index is 13.1. The summed E-state index contributed by atoms with van der Waals surface area (Å²) in [6, 6.07) is 4.77. The van der Waals surface area contributed by atoms with E-state index >= 15 is 0 Å². The summed E-state index contributed by atoms with van der Waals surface area (Å²) in [6.07, 6.45) is 2.39. The summed E-state index contributed by atoms with van der Waals surface area (Å²) in [5, 5.41) is 3.11. The fourth-order valence-corrected chi connectivity index (χ4v) is 1.72. The number of nitrogens with two attached hydrogens (primary N) is 1. The Hall–Kier alpha value is -1.29. The van der Waals surface area contributed by atoms with Crippen molar-refractivity contribution in [1.82, 2.24) is 0 Å². The zero-order valence-corrected chi connectivity index (χ0v) is 8.50. The van der Waals surface area contributed by atoms with Gasteiger partial charge in [0.2, 0.25) is 0 Å². The Kier molecular flexibility index (Phi) is 3.06. The molecule has 0 aliphatic carbocycles. The van der Waals surface area contributed by atoms with Crippen LogP contribution in [0, 0.1) is 5.82 Å². The summed E-state index contributed by atoms with van der Waals surface area (Å²) >= 11 is 0. The van der Waals surface area contributed by atoms with Gasteiger partial charge in [0, 0.05) is 13.2 Å². The number of hydrogen-bond donors (Lipinski definition) is 2. The van der Waals surface area contributed by atoms with E-state index in [4.69, 9.17) is 10.5 Å². The van der Waals surface area contributed by atoms with Crippen molar-refractivity contribution in [2.24, 2.45) is 0 Å². The highest BCUT2D eigenvalue weighted by atomic mass is 19.1. The van der Waals surface area contributed by atoms with Crippen molar-refractivity contribution in [3.63, 3.8) is 0 Å². The van der Waals surface area contributed by atoms with E-state index in [1.807, 2.05) is 0 Å². The van der Waals surface area contributed by atoms with Gasteiger partial charge in [0.25, 0.3) is 0 Å². The van der Waals surface area contributed by atoms with Gasteiger partial charge in [0.05, 0.1) is 17.5 Å². The first kappa shape index (κ1) is 10.2. The van der Waals surface area contributed by atoms with E-state index in [0.29, 0.717) is 12.2 Å². The summed E-state index contributed by atoms with van der Waals surface area (Å²) < 4.78 is 18.5. The Morgan fingerprint density at radius 2 is 2.40 bits per heavy atom. The van der Waals surface area contributed by atoms with Crippen molar-refractivity contribution in [2.75, 3.05) is 24.2 Å². The highest BCUT2D eigenvalue weighted by Crippen LogP contribution is 2.22. The fraction of sp³-hybridized carbons (Fsp3) is 0.455. The zero-order valence-electron chi connectivity index (χ0n) is 8.50. The van der Waals surface area contributed by atoms with Gasteiger partial charge in [-0.2, -0.15) is 0 Å². The average molecular weight is 210 g/mol. The topological polar surface area (TPSA) is 47.3 Å². The molecular weight excluding hydrogens is 195 g/mol. The lowest BCUT2D eigenvalue weighted by molar-refractivity contribution is 0.120. The third kappa shape index (κ3) is 2.39. The highest BCUT2D eigenvalue weighted by Gasteiger charge is 2.15. The van der Waals surface area contributed by atoms with Crippen LogP contribution < -0.4 is 11.1 Å². The van der Waals surface area contributed by atoms with Crippen LogP contribution in [0.15, 0.2) is 18.2 Å². The molecule has 1 heterocycles. The minimum atomic E-state index is -0.382. The smallest absolute Gasteiger partial charge is 0.148 e. The van der Waals surface area contributed by atoms with Crippen LogP contribution in [-0.2, 0) is 4.74 Å². The first-order chi connectivity index (χ1) is 7.27. The Balaban J connectivity index is 1.95. The molecule has 1 aliphatic rings. The van der Waals surface area contributed by atoms with Gasteiger partial charge in [-0.3, -0.25) is 0 Å². The first-order valence-electron chi connectivity index (χ1n) is 5.17. The standard InChI is InChI=1S/C11H15FN2O/c12-9-4-1-5-10(11(9)13)14-7-8-3-2-6-15-8/h1,4-5,8,14H,2-3,6-7,13H2. The molecule has 0 saturated carbocycles. The van der Waals surface area contributed by atoms with Gasteiger partial charge >= 0.3 is 0 Å². The van der Waals surface area contributed by atoms with Gasteiger partial charge < -0.3 is 15.8 Å². The molecule has 1 fully saturated rings. The van der Waals surface area contributed by atoms with Gasteiger partial charge in [-0.15, -0.1) is 0 Å². The van der Waals surface area contributed by atoms with E-state index in [1.54, 1.807) is 12.1 Å². The van der Waals surface area contributed by atoms with Crippen molar-refractivity contribution >= 4 is 11.4 Å². The maximum Gasteiger partial charge on any atom is 0.148 e. The summed E-state index contributed by atoms with van der Waals surface area (Å²) in [5.74, 6) is -0.382. The van der Waals surface area contributed by atoms with E-state index in [2.05, 4.69) is 5.32 Å². The Labute approximate surface area is 88.4 Å². The van der Waals surface area contributed by atoms with E-state index in [0.717, 1.165) is 19.4 Å².